The molecule has 0 aromatic carbocycles. The van der Waals surface area contributed by atoms with Gasteiger partial charge in [0.1, 0.15) is 5.75 Å². The first-order valence-electron chi connectivity index (χ1n) is 4.64. The second kappa shape index (κ2) is 4.82. The van der Waals surface area contributed by atoms with Crippen molar-refractivity contribution in [3.8, 4) is 5.75 Å². The molecule has 1 atom stereocenters. The third-order valence-electron chi connectivity index (χ3n) is 2.10. The van der Waals surface area contributed by atoms with Crippen molar-refractivity contribution in [1.29, 1.82) is 0 Å². The lowest BCUT2D eigenvalue weighted by molar-refractivity contribution is 0.454. The maximum Gasteiger partial charge on any atom is 0.138 e. The second-order valence-electron chi connectivity index (χ2n) is 3.18. The van der Waals surface area contributed by atoms with E-state index in [-0.39, 0.29) is 11.8 Å². The molecule has 0 radical (unpaired) electrons. The van der Waals surface area contributed by atoms with Crippen LogP contribution < -0.4 is 5.73 Å². The van der Waals surface area contributed by atoms with E-state index in [1.165, 1.54) is 6.20 Å². The molecule has 3 heteroatoms. The molecule has 3 N–H and O–H groups in total. The molecular weight excluding hydrogens is 164 g/mol. The molecule has 3 nitrogen and oxygen atoms in total. The summed E-state index contributed by atoms with van der Waals surface area (Å²) in [5, 5.41) is 9.44. The molecule has 1 aromatic rings. The van der Waals surface area contributed by atoms with Crippen LogP contribution in [0.25, 0.3) is 0 Å². The summed E-state index contributed by atoms with van der Waals surface area (Å²) in [6.45, 7) is 2.12. The van der Waals surface area contributed by atoms with E-state index in [1.807, 2.05) is 0 Å². The zero-order chi connectivity index (χ0) is 9.68. The van der Waals surface area contributed by atoms with Crippen LogP contribution in [0, 0.1) is 0 Å². The molecule has 1 heterocycles. The maximum atomic E-state index is 9.44. The van der Waals surface area contributed by atoms with Gasteiger partial charge in [-0.3, -0.25) is 4.98 Å². The monoisotopic (exact) mass is 180 g/mol. The summed E-state index contributed by atoms with van der Waals surface area (Å²) in [5.74, 6) is 0.200. The third kappa shape index (κ3) is 2.70. The average molecular weight is 180 g/mol. The number of hydrogen-bond donors (Lipinski definition) is 2. The summed E-state index contributed by atoms with van der Waals surface area (Å²) in [7, 11) is 0. The zero-order valence-corrected chi connectivity index (χ0v) is 7.90. The predicted molar refractivity (Wildman–Crippen MR) is 52.4 cm³/mol. The molecule has 1 aromatic heterocycles. The number of rotatable bonds is 4. The quantitative estimate of drug-likeness (QED) is 0.744. The normalized spacial score (nSPS) is 12.8. The highest BCUT2D eigenvalue weighted by Gasteiger charge is 2.09. The number of pyridine rings is 1. The van der Waals surface area contributed by atoms with Gasteiger partial charge in [0.15, 0.2) is 0 Å². The van der Waals surface area contributed by atoms with E-state index in [1.54, 1.807) is 12.3 Å². The third-order valence-corrected chi connectivity index (χ3v) is 2.10. The molecule has 13 heavy (non-hydrogen) atoms. The first-order chi connectivity index (χ1) is 6.25. The van der Waals surface area contributed by atoms with Crippen molar-refractivity contribution in [2.75, 3.05) is 0 Å². The molecule has 0 spiro atoms. The molecule has 0 aliphatic carbocycles. The van der Waals surface area contributed by atoms with Gasteiger partial charge in [-0.05, 0) is 12.5 Å². The predicted octanol–water partition coefficient (Wildman–Crippen LogP) is 1.98. The summed E-state index contributed by atoms with van der Waals surface area (Å²) in [4.78, 5) is 3.80. The van der Waals surface area contributed by atoms with E-state index in [9.17, 15) is 5.11 Å². The molecule has 0 saturated carbocycles. The molecule has 0 bridgehead atoms. The molecule has 0 saturated heterocycles. The van der Waals surface area contributed by atoms with Crippen molar-refractivity contribution < 1.29 is 5.11 Å². The second-order valence-corrected chi connectivity index (χ2v) is 3.18. The van der Waals surface area contributed by atoms with E-state index in [4.69, 9.17) is 5.73 Å². The lowest BCUT2D eigenvalue weighted by Gasteiger charge is -2.11. The fourth-order valence-corrected chi connectivity index (χ4v) is 1.29. The molecule has 1 rings (SSSR count). The van der Waals surface area contributed by atoms with Gasteiger partial charge >= 0.3 is 0 Å². The van der Waals surface area contributed by atoms with Gasteiger partial charge in [0.25, 0.3) is 0 Å². The van der Waals surface area contributed by atoms with Gasteiger partial charge in [0, 0.05) is 17.8 Å². The molecule has 72 valence electrons. The fourth-order valence-electron chi connectivity index (χ4n) is 1.29. The van der Waals surface area contributed by atoms with E-state index in [0.29, 0.717) is 0 Å². The van der Waals surface area contributed by atoms with Crippen molar-refractivity contribution >= 4 is 0 Å². The van der Waals surface area contributed by atoms with Gasteiger partial charge in [-0.15, -0.1) is 0 Å². The molecule has 0 aliphatic heterocycles. The minimum absolute atomic E-state index is 0.0667. The van der Waals surface area contributed by atoms with Gasteiger partial charge in [-0.25, -0.2) is 0 Å². The van der Waals surface area contributed by atoms with Crippen LogP contribution in [0.5, 0.6) is 5.75 Å². The van der Waals surface area contributed by atoms with Crippen molar-refractivity contribution in [3.05, 3.63) is 24.0 Å². The number of aromatic hydroxyl groups is 1. The van der Waals surface area contributed by atoms with Crippen LogP contribution in [-0.4, -0.2) is 10.1 Å². The van der Waals surface area contributed by atoms with Crippen LogP contribution in [0.4, 0.5) is 0 Å². The van der Waals surface area contributed by atoms with Crippen molar-refractivity contribution in [3.63, 3.8) is 0 Å². The molecule has 1 unspecified atom stereocenters. The van der Waals surface area contributed by atoms with E-state index < -0.39 is 0 Å². The molecule has 0 aliphatic rings. The van der Waals surface area contributed by atoms with Crippen LogP contribution in [0.2, 0.25) is 0 Å². The Kier molecular flexibility index (Phi) is 3.71. The summed E-state index contributed by atoms with van der Waals surface area (Å²) >= 11 is 0. The highest BCUT2D eigenvalue weighted by molar-refractivity contribution is 5.30. The largest absolute Gasteiger partial charge is 0.506 e. The Bertz CT molecular complexity index is 263. The first-order valence-corrected chi connectivity index (χ1v) is 4.64. The first kappa shape index (κ1) is 9.99. The fraction of sp³-hybridized carbons (Fsp3) is 0.500. The van der Waals surface area contributed by atoms with Gasteiger partial charge < -0.3 is 10.8 Å². The van der Waals surface area contributed by atoms with Gasteiger partial charge in [0.2, 0.25) is 0 Å². The van der Waals surface area contributed by atoms with Crippen molar-refractivity contribution in [1.82, 2.24) is 4.98 Å². The molecular formula is C10H16N2O. The Balaban J connectivity index is 2.65. The Hall–Kier alpha value is -1.09. The number of nitrogens with zero attached hydrogens (tertiary/aromatic N) is 1. The Morgan fingerprint density at radius 1 is 1.62 bits per heavy atom. The maximum absolute atomic E-state index is 9.44. The van der Waals surface area contributed by atoms with Crippen molar-refractivity contribution in [2.45, 2.75) is 32.2 Å². The van der Waals surface area contributed by atoms with Gasteiger partial charge in [-0.1, -0.05) is 19.8 Å². The van der Waals surface area contributed by atoms with Gasteiger partial charge in [-0.2, -0.15) is 0 Å². The number of nitrogens with two attached hydrogens (primary N) is 1. The Morgan fingerprint density at radius 3 is 3.00 bits per heavy atom. The molecule has 0 fully saturated rings. The smallest absolute Gasteiger partial charge is 0.138 e. The van der Waals surface area contributed by atoms with Crippen LogP contribution in [0.3, 0.4) is 0 Å². The highest BCUT2D eigenvalue weighted by Crippen LogP contribution is 2.24. The minimum atomic E-state index is -0.0667. The number of hydrogen-bond acceptors (Lipinski definition) is 3. The Morgan fingerprint density at radius 2 is 2.38 bits per heavy atom. The summed E-state index contributed by atoms with van der Waals surface area (Å²) in [5.41, 5.74) is 6.69. The summed E-state index contributed by atoms with van der Waals surface area (Å²) in [6, 6.07) is 1.71. The summed E-state index contributed by atoms with van der Waals surface area (Å²) in [6.07, 6.45) is 6.21. The lowest BCUT2D eigenvalue weighted by atomic mass is 10.0. The van der Waals surface area contributed by atoms with Gasteiger partial charge in [0.05, 0.1) is 6.20 Å². The van der Waals surface area contributed by atoms with E-state index in [2.05, 4.69) is 11.9 Å². The van der Waals surface area contributed by atoms with Crippen LogP contribution in [0.15, 0.2) is 18.5 Å². The van der Waals surface area contributed by atoms with E-state index in [0.717, 1.165) is 24.8 Å². The SMILES string of the molecule is CCCCC(N)c1ccncc1O. The molecule has 0 amide bonds. The lowest BCUT2D eigenvalue weighted by Crippen LogP contribution is -2.10. The zero-order valence-electron chi connectivity index (χ0n) is 7.90. The highest BCUT2D eigenvalue weighted by atomic mass is 16.3. The van der Waals surface area contributed by atoms with Crippen molar-refractivity contribution in [2.24, 2.45) is 5.73 Å². The standard InChI is InChI=1S/C10H16N2O/c1-2-3-4-9(11)8-5-6-12-7-10(8)13/h5-7,9,13H,2-4,11H2,1H3. The summed E-state index contributed by atoms with van der Waals surface area (Å²) < 4.78 is 0. The number of aromatic nitrogens is 1. The topological polar surface area (TPSA) is 59.1 Å². The average Bonchev–Trinajstić information content (AvgIpc) is 2.15. The number of unbranched alkanes of at least 4 members (excludes halogenated alkanes) is 1. The van der Waals surface area contributed by atoms with Crippen LogP contribution in [0.1, 0.15) is 37.8 Å². The minimum Gasteiger partial charge on any atom is -0.506 e. The van der Waals surface area contributed by atoms with Crippen LogP contribution >= 0.6 is 0 Å². The van der Waals surface area contributed by atoms with Crippen LogP contribution in [-0.2, 0) is 0 Å². The Labute approximate surface area is 78.6 Å². The van der Waals surface area contributed by atoms with E-state index >= 15 is 0 Å².